The van der Waals surface area contributed by atoms with Crippen molar-refractivity contribution < 1.29 is 9.72 Å². The normalized spacial score (nSPS) is 9.53. The van der Waals surface area contributed by atoms with Crippen LogP contribution in [0.2, 0.25) is 5.02 Å². The zero-order chi connectivity index (χ0) is 13.0. The number of hydrogen-bond donors (Lipinski definition) is 2. The number of hydrogen-bond acceptors (Lipinski definition) is 4. The first-order valence-electron chi connectivity index (χ1n) is 4.42. The molecule has 0 spiro atoms. The molecule has 1 rings (SSSR count). The molecule has 0 bridgehead atoms. The number of thiocarbonyl (C=S) groups is 1. The molecule has 0 aliphatic heterocycles. The molecule has 1 aromatic carbocycles. The predicted octanol–water partition coefficient (Wildman–Crippen LogP) is 2.08. The molecule has 17 heavy (non-hydrogen) atoms. The van der Waals surface area contributed by atoms with E-state index in [1.165, 1.54) is 25.1 Å². The fourth-order valence-corrected chi connectivity index (χ4v) is 1.50. The zero-order valence-corrected chi connectivity index (χ0v) is 10.3. The number of nitrogens with one attached hydrogen (secondary N) is 2. The van der Waals surface area contributed by atoms with Crippen molar-refractivity contribution in [2.75, 3.05) is 5.32 Å². The predicted molar refractivity (Wildman–Crippen MR) is 68.1 cm³/mol. The zero-order valence-electron chi connectivity index (χ0n) is 8.69. The standard InChI is InChI=1S/C9H8ClN3O3S/c1-5(14)11-9(17)12-7-3-2-6(10)4-8(7)13(15)16/h2-4H,1H3,(H2,11,12,14,17). The fourth-order valence-electron chi connectivity index (χ4n) is 1.07. The first-order chi connectivity index (χ1) is 7.90. The Kier molecular flexibility index (Phi) is 4.36. The molecule has 0 aliphatic rings. The lowest BCUT2D eigenvalue weighted by molar-refractivity contribution is -0.383. The van der Waals surface area contributed by atoms with Gasteiger partial charge in [0.05, 0.1) is 4.92 Å². The Morgan fingerprint density at radius 3 is 2.71 bits per heavy atom. The Balaban J connectivity index is 2.94. The summed E-state index contributed by atoms with van der Waals surface area (Å²) in [6, 6.07) is 4.09. The Morgan fingerprint density at radius 1 is 1.53 bits per heavy atom. The molecule has 0 fully saturated rings. The minimum absolute atomic E-state index is 0.0112. The Bertz CT molecular complexity index is 492. The van der Waals surface area contributed by atoms with Gasteiger partial charge in [-0.2, -0.15) is 0 Å². The molecule has 1 amide bonds. The lowest BCUT2D eigenvalue weighted by atomic mass is 10.2. The molecule has 0 saturated carbocycles. The first kappa shape index (κ1) is 13.3. The molecule has 0 atom stereocenters. The SMILES string of the molecule is CC(=O)NC(=S)Nc1ccc(Cl)cc1[N+](=O)[O-]. The Hall–Kier alpha value is -1.73. The van der Waals surface area contributed by atoms with Crippen LogP contribution in [0.4, 0.5) is 11.4 Å². The molecule has 0 unspecified atom stereocenters. The number of benzene rings is 1. The van der Waals surface area contributed by atoms with Crippen molar-refractivity contribution >= 4 is 46.2 Å². The number of nitrogens with zero attached hydrogens (tertiary/aromatic N) is 1. The van der Waals surface area contributed by atoms with Crippen LogP contribution < -0.4 is 10.6 Å². The van der Waals surface area contributed by atoms with Gasteiger partial charge < -0.3 is 10.6 Å². The van der Waals surface area contributed by atoms with Gasteiger partial charge in [0.1, 0.15) is 5.69 Å². The lowest BCUT2D eigenvalue weighted by Crippen LogP contribution is -2.32. The third-order valence-corrected chi connectivity index (χ3v) is 2.13. The molecule has 0 aromatic heterocycles. The highest BCUT2D eigenvalue weighted by molar-refractivity contribution is 7.80. The van der Waals surface area contributed by atoms with Gasteiger partial charge in [-0.1, -0.05) is 11.6 Å². The van der Waals surface area contributed by atoms with Crippen molar-refractivity contribution in [2.24, 2.45) is 0 Å². The van der Waals surface area contributed by atoms with Gasteiger partial charge in [0.25, 0.3) is 5.69 Å². The maximum Gasteiger partial charge on any atom is 0.294 e. The number of rotatable bonds is 2. The van der Waals surface area contributed by atoms with Crippen LogP contribution >= 0.6 is 23.8 Å². The summed E-state index contributed by atoms with van der Waals surface area (Å²) in [5, 5.41) is 15.8. The number of nitro groups is 1. The summed E-state index contributed by atoms with van der Waals surface area (Å²) in [6.45, 7) is 1.28. The quantitative estimate of drug-likeness (QED) is 0.490. The molecule has 1 aromatic rings. The van der Waals surface area contributed by atoms with Crippen molar-refractivity contribution in [3.05, 3.63) is 33.3 Å². The lowest BCUT2D eigenvalue weighted by Gasteiger charge is -2.08. The summed E-state index contributed by atoms with van der Waals surface area (Å²) in [4.78, 5) is 20.9. The molecular formula is C9H8ClN3O3S. The van der Waals surface area contributed by atoms with E-state index in [1.54, 1.807) is 0 Å². The highest BCUT2D eigenvalue weighted by Gasteiger charge is 2.15. The fraction of sp³-hybridized carbons (Fsp3) is 0.111. The molecule has 0 radical (unpaired) electrons. The van der Waals surface area contributed by atoms with Gasteiger partial charge in [-0.25, -0.2) is 0 Å². The van der Waals surface area contributed by atoms with Crippen LogP contribution in [0.3, 0.4) is 0 Å². The number of halogens is 1. The van der Waals surface area contributed by atoms with E-state index in [1.807, 2.05) is 0 Å². The third-order valence-electron chi connectivity index (χ3n) is 1.69. The van der Waals surface area contributed by atoms with E-state index < -0.39 is 4.92 Å². The molecule has 6 nitrogen and oxygen atoms in total. The molecule has 0 aliphatic carbocycles. The molecule has 0 saturated heterocycles. The highest BCUT2D eigenvalue weighted by Crippen LogP contribution is 2.27. The van der Waals surface area contributed by atoms with Crippen molar-refractivity contribution in [2.45, 2.75) is 6.92 Å². The van der Waals surface area contributed by atoms with E-state index in [4.69, 9.17) is 23.8 Å². The Labute approximate surface area is 107 Å². The Morgan fingerprint density at radius 2 is 2.18 bits per heavy atom. The summed E-state index contributed by atoms with van der Waals surface area (Å²) in [6.07, 6.45) is 0. The summed E-state index contributed by atoms with van der Waals surface area (Å²) in [5.41, 5.74) is -0.0525. The van der Waals surface area contributed by atoms with Crippen LogP contribution in [-0.2, 0) is 4.79 Å². The first-order valence-corrected chi connectivity index (χ1v) is 5.21. The van der Waals surface area contributed by atoms with E-state index in [0.29, 0.717) is 0 Å². The third kappa shape index (κ3) is 3.97. The molecule has 0 heterocycles. The number of nitro benzene ring substituents is 1. The minimum atomic E-state index is -0.593. The summed E-state index contributed by atoms with van der Waals surface area (Å²) < 4.78 is 0. The van der Waals surface area contributed by atoms with Crippen LogP contribution in [0.25, 0.3) is 0 Å². The monoisotopic (exact) mass is 273 g/mol. The van der Waals surface area contributed by atoms with Crippen LogP contribution in [-0.4, -0.2) is 15.9 Å². The van der Waals surface area contributed by atoms with Gasteiger partial charge in [0, 0.05) is 18.0 Å². The summed E-state index contributed by atoms with van der Waals surface area (Å²) >= 11 is 10.4. The second kappa shape index (κ2) is 5.55. The maximum absolute atomic E-state index is 10.8. The number of anilines is 1. The van der Waals surface area contributed by atoms with Crippen LogP contribution in [0.1, 0.15) is 6.92 Å². The van der Waals surface area contributed by atoms with Crippen molar-refractivity contribution in [1.82, 2.24) is 5.32 Å². The summed E-state index contributed by atoms with van der Waals surface area (Å²) in [7, 11) is 0. The van der Waals surface area contributed by atoms with Gasteiger partial charge in [0.15, 0.2) is 5.11 Å². The topological polar surface area (TPSA) is 84.3 Å². The largest absolute Gasteiger partial charge is 0.327 e. The smallest absolute Gasteiger partial charge is 0.294 e. The van der Waals surface area contributed by atoms with Crippen LogP contribution in [0.5, 0.6) is 0 Å². The van der Waals surface area contributed by atoms with E-state index in [0.717, 1.165) is 0 Å². The van der Waals surface area contributed by atoms with E-state index >= 15 is 0 Å². The van der Waals surface area contributed by atoms with E-state index in [2.05, 4.69) is 10.6 Å². The van der Waals surface area contributed by atoms with Crippen LogP contribution in [0.15, 0.2) is 18.2 Å². The second-order valence-electron chi connectivity index (χ2n) is 3.05. The van der Waals surface area contributed by atoms with Gasteiger partial charge >= 0.3 is 0 Å². The van der Waals surface area contributed by atoms with Gasteiger partial charge in [0.2, 0.25) is 5.91 Å². The summed E-state index contributed by atoms with van der Waals surface area (Å²) in [5.74, 6) is -0.362. The molecule has 90 valence electrons. The average Bonchev–Trinajstić information content (AvgIpc) is 2.19. The second-order valence-corrected chi connectivity index (χ2v) is 3.90. The number of carbonyl (C=O) groups is 1. The average molecular weight is 274 g/mol. The number of amides is 1. The highest BCUT2D eigenvalue weighted by atomic mass is 35.5. The number of carbonyl (C=O) groups excluding carboxylic acids is 1. The van der Waals surface area contributed by atoms with Crippen molar-refractivity contribution in [3.63, 3.8) is 0 Å². The maximum atomic E-state index is 10.8. The van der Waals surface area contributed by atoms with Gasteiger partial charge in [-0.05, 0) is 24.4 Å². The molecule has 8 heteroatoms. The van der Waals surface area contributed by atoms with E-state index in [9.17, 15) is 14.9 Å². The molecule has 2 N–H and O–H groups in total. The van der Waals surface area contributed by atoms with Crippen LogP contribution in [0, 0.1) is 10.1 Å². The minimum Gasteiger partial charge on any atom is -0.327 e. The van der Waals surface area contributed by atoms with E-state index in [-0.39, 0.29) is 27.4 Å². The van der Waals surface area contributed by atoms with Gasteiger partial charge in [-0.15, -0.1) is 0 Å². The van der Waals surface area contributed by atoms with Gasteiger partial charge in [-0.3, -0.25) is 14.9 Å². The molecular weight excluding hydrogens is 266 g/mol. The van der Waals surface area contributed by atoms with Crippen molar-refractivity contribution in [3.8, 4) is 0 Å². The van der Waals surface area contributed by atoms with Crippen molar-refractivity contribution in [1.29, 1.82) is 0 Å².